The molecule has 2 aromatic rings. The Morgan fingerprint density at radius 3 is 2.65 bits per heavy atom. The molecule has 0 radical (unpaired) electrons. The van der Waals surface area contributed by atoms with E-state index in [2.05, 4.69) is 20.8 Å². The van der Waals surface area contributed by atoms with Crippen molar-refractivity contribution in [1.82, 2.24) is 30.4 Å². The highest BCUT2D eigenvalue weighted by Gasteiger charge is 2.38. The van der Waals surface area contributed by atoms with Crippen LogP contribution in [-0.2, 0) is 0 Å². The van der Waals surface area contributed by atoms with Crippen LogP contribution < -0.4 is 5.32 Å². The van der Waals surface area contributed by atoms with Gasteiger partial charge in [0.05, 0.1) is 11.3 Å². The lowest BCUT2D eigenvalue weighted by atomic mass is 10.0. The minimum absolute atomic E-state index is 0. The standard InChI is InChI=1S/C14H15ClN6O.ClH/c15-11-1-2-13(21-8-17-18-19-21)12(3-11)14(22)20-6-9-4-16-5-10(9)7-20;/h1-3,8-10,16H,4-7H2;1H/t9-,10+;. The predicted molar refractivity (Wildman–Crippen MR) is 87.2 cm³/mol. The second kappa shape index (κ2) is 6.43. The van der Waals surface area contributed by atoms with Crippen LogP contribution in [0.1, 0.15) is 10.4 Å². The molecule has 1 amide bonds. The molecule has 0 bridgehead atoms. The molecule has 4 rings (SSSR count). The van der Waals surface area contributed by atoms with Gasteiger partial charge in [0.2, 0.25) is 0 Å². The molecule has 1 aromatic carbocycles. The van der Waals surface area contributed by atoms with Crippen LogP contribution in [0.5, 0.6) is 0 Å². The highest BCUT2D eigenvalue weighted by molar-refractivity contribution is 6.31. The van der Waals surface area contributed by atoms with Crippen LogP contribution in [-0.4, -0.2) is 57.2 Å². The lowest BCUT2D eigenvalue weighted by molar-refractivity contribution is 0.0781. The lowest BCUT2D eigenvalue weighted by Crippen LogP contribution is -2.32. The number of hydrogen-bond acceptors (Lipinski definition) is 5. The number of aromatic nitrogens is 4. The molecule has 23 heavy (non-hydrogen) atoms. The zero-order valence-corrected chi connectivity index (χ0v) is 13.8. The first-order valence-electron chi connectivity index (χ1n) is 7.25. The van der Waals surface area contributed by atoms with E-state index >= 15 is 0 Å². The summed E-state index contributed by atoms with van der Waals surface area (Å²) in [5.74, 6) is 1.10. The fraction of sp³-hybridized carbons (Fsp3) is 0.429. The summed E-state index contributed by atoms with van der Waals surface area (Å²) in [6.07, 6.45) is 1.47. The Morgan fingerprint density at radius 2 is 2.00 bits per heavy atom. The van der Waals surface area contributed by atoms with E-state index in [9.17, 15) is 4.79 Å². The fourth-order valence-electron chi connectivity index (χ4n) is 3.34. The molecule has 7 nitrogen and oxygen atoms in total. The molecule has 1 aromatic heterocycles. The third-order valence-electron chi connectivity index (χ3n) is 4.46. The number of carbonyl (C=O) groups excluding carboxylic acids is 1. The summed E-state index contributed by atoms with van der Waals surface area (Å²) in [6.45, 7) is 3.56. The molecule has 122 valence electrons. The minimum atomic E-state index is -0.0117. The molecule has 0 saturated carbocycles. The highest BCUT2D eigenvalue weighted by Crippen LogP contribution is 2.29. The quantitative estimate of drug-likeness (QED) is 0.871. The van der Waals surface area contributed by atoms with Crippen LogP contribution in [0.4, 0.5) is 0 Å². The third-order valence-corrected chi connectivity index (χ3v) is 4.70. The number of halogens is 2. The number of likely N-dealkylation sites (tertiary alicyclic amines) is 1. The lowest BCUT2D eigenvalue weighted by Gasteiger charge is -2.19. The maximum Gasteiger partial charge on any atom is 0.256 e. The van der Waals surface area contributed by atoms with Crippen LogP contribution in [0.25, 0.3) is 5.69 Å². The van der Waals surface area contributed by atoms with Crippen molar-refractivity contribution in [1.29, 1.82) is 0 Å². The first-order valence-corrected chi connectivity index (χ1v) is 7.63. The molecule has 2 aliphatic rings. The average molecular weight is 355 g/mol. The van der Waals surface area contributed by atoms with Crippen molar-refractivity contribution in [2.45, 2.75) is 0 Å². The van der Waals surface area contributed by atoms with Crippen molar-refractivity contribution in [2.75, 3.05) is 26.2 Å². The van der Waals surface area contributed by atoms with Crippen LogP contribution in [0.15, 0.2) is 24.5 Å². The van der Waals surface area contributed by atoms with Crippen LogP contribution in [0, 0.1) is 11.8 Å². The molecular formula is C14H16Cl2N6O. The molecule has 1 N–H and O–H groups in total. The molecule has 2 aliphatic heterocycles. The molecule has 0 aliphatic carbocycles. The molecule has 2 saturated heterocycles. The molecule has 9 heteroatoms. The van der Waals surface area contributed by atoms with Gasteiger partial charge in [0, 0.05) is 31.2 Å². The third kappa shape index (κ3) is 2.91. The Labute approximate surface area is 144 Å². The Kier molecular flexibility index (Phi) is 4.52. The van der Waals surface area contributed by atoms with E-state index in [1.54, 1.807) is 18.2 Å². The highest BCUT2D eigenvalue weighted by atomic mass is 35.5. The van der Waals surface area contributed by atoms with Gasteiger partial charge in [0.15, 0.2) is 0 Å². The van der Waals surface area contributed by atoms with Crippen molar-refractivity contribution in [3.8, 4) is 5.69 Å². The largest absolute Gasteiger partial charge is 0.338 e. The Bertz CT molecular complexity index is 695. The monoisotopic (exact) mass is 354 g/mol. The predicted octanol–water partition coefficient (Wildman–Crippen LogP) is 1.03. The van der Waals surface area contributed by atoms with E-state index in [0.717, 1.165) is 26.2 Å². The Balaban J connectivity index is 0.00000156. The zero-order chi connectivity index (χ0) is 15.1. The molecule has 2 atom stereocenters. The van der Waals surface area contributed by atoms with E-state index in [4.69, 9.17) is 11.6 Å². The first-order chi connectivity index (χ1) is 10.7. The number of hydrogen-bond donors (Lipinski definition) is 1. The number of nitrogens with one attached hydrogen (secondary N) is 1. The minimum Gasteiger partial charge on any atom is -0.338 e. The Hall–Kier alpha value is -1.70. The zero-order valence-electron chi connectivity index (χ0n) is 12.2. The first kappa shape index (κ1) is 16.2. The topological polar surface area (TPSA) is 75.9 Å². The van der Waals surface area contributed by atoms with Crippen molar-refractivity contribution < 1.29 is 4.79 Å². The van der Waals surface area contributed by atoms with Crippen LogP contribution in [0.3, 0.4) is 0 Å². The van der Waals surface area contributed by atoms with Gasteiger partial charge in [-0.3, -0.25) is 4.79 Å². The molecule has 0 unspecified atom stereocenters. The van der Waals surface area contributed by atoms with Crippen molar-refractivity contribution in [2.24, 2.45) is 11.8 Å². The van der Waals surface area contributed by atoms with Gasteiger partial charge in [0.25, 0.3) is 5.91 Å². The summed E-state index contributed by atoms with van der Waals surface area (Å²) in [4.78, 5) is 14.8. The smallest absolute Gasteiger partial charge is 0.256 e. The number of fused-ring (bicyclic) bond motifs is 1. The summed E-state index contributed by atoms with van der Waals surface area (Å²) in [5, 5.41) is 15.0. The normalized spacial score (nSPS) is 22.7. The summed E-state index contributed by atoms with van der Waals surface area (Å²) >= 11 is 6.08. The van der Waals surface area contributed by atoms with Gasteiger partial charge in [-0.15, -0.1) is 17.5 Å². The van der Waals surface area contributed by atoms with Gasteiger partial charge in [-0.1, -0.05) is 11.6 Å². The summed E-state index contributed by atoms with van der Waals surface area (Å²) in [5.41, 5.74) is 1.18. The molecule has 2 fully saturated rings. The van der Waals surface area contributed by atoms with Gasteiger partial charge in [-0.25, -0.2) is 0 Å². The number of carbonyl (C=O) groups is 1. The second-order valence-electron chi connectivity index (χ2n) is 5.80. The van der Waals surface area contributed by atoms with E-state index in [-0.39, 0.29) is 18.3 Å². The van der Waals surface area contributed by atoms with Gasteiger partial charge >= 0.3 is 0 Å². The Morgan fingerprint density at radius 1 is 1.26 bits per heavy atom. The second-order valence-corrected chi connectivity index (χ2v) is 6.24. The van der Waals surface area contributed by atoms with E-state index in [0.29, 0.717) is 28.1 Å². The van der Waals surface area contributed by atoms with E-state index < -0.39 is 0 Å². The van der Waals surface area contributed by atoms with Crippen molar-refractivity contribution >= 4 is 29.9 Å². The van der Waals surface area contributed by atoms with Gasteiger partial charge < -0.3 is 10.2 Å². The van der Waals surface area contributed by atoms with E-state index in [1.165, 1.54) is 11.0 Å². The maximum absolute atomic E-state index is 12.9. The van der Waals surface area contributed by atoms with Crippen LogP contribution in [0.2, 0.25) is 5.02 Å². The maximum atomic E-state index is 12.9. The van der Waals surface area contributed by atoms with Crippen molar-refractivity contribution in [3.05, 3.63) is 35.1 Å². The number of nitrogens with zero attached hydrogens (tertiary/aromatic N) is 5. The van der Waals surface area contributed by atoms with Gasteiger partial charge in [0.1, 0.15) is 6.33 Å². The SMILES string of the molecule is Cl.O=C(c1cc(Cl)ccc1-n1cnnn1)N1C[C@H]2CNC[C@H]2C1. The number of benzene rings is 1. The van der Waals surface area contributed by atoms with E-state index in [1.807, 2.05) is 4.90 Å². The molecule has 3 heterocycles. The fourth-order valence-corrected chi connectivity index (χ4v) is 3.51. The van der Waals surface area contributed by atoms with Gasteiger partial charge in [-0.2, -0.15) is 4.68 Å². The van der Waals surface area contributed by atoms with Crippen molar-refractivity contribution in [3.63, 3.8) is 0 Å². The summed E-state index contributed by atoms with van der Waals surface area (Å²) in [6, 6.07) is 5.19. The molecular weight excluding hydrogens is 339 g/mol. The number of rotatable bonds is 2. The summed E-state index contributed by atoms with van der Waals surface area (Å²) in [7, 11) is 0. The van der Waals surface area contributed by atoms with Gasteiger partial charge in [-0.05, 0) is 40.5 Å². The average Bonchev–Trinajstić information content (AvgIpc) is 3.22. The summed E-state index contributed by atoms with van der Waals surface area (Å²) < 4.78 is 1.49. The molecule has 0 spiro atoms. The number of tetrazole rings is 1. The number of amides is 1. The van der Waals surface area contributed by atoms with Crippen LogP contribution >= 0.6 is 24.0 Å².